The molecule has 1 aliphatic rings. The first-order valence-electron chi connectivity index (χ1n) is 8.21. The zero-order chi connectivity index (χ0) is 14.4. The van der Waals surface area contributed by atoms with Gasteiger partial charge in [-0.15, -0.1) is 0 Å². The Hall–Kier alpha value is -0.860. The average Bonchev–Trinajstić information content (AvgIpc) is 2.88. The number of hydrogen-bond acceptors (Lipinski definition) is 2. The van der Waals surface area contributed by atoms with Crippen molar-refractivity contribution in [2.24, 2.45) is 5.92 Å². The monoisotopic (exact) mass is 274 g/mol. The van der Waals surface area contributed by atoms with E-state index in [-0.39, 0.29) is 0 Å². The molecule has 20 heavy (non-hydrogen) atoms. The molecule has 1 aliphatic heterocycles. The molecule has 2 nitrogen and oxygen atoms in total. The molecule has 0 amide bonds. The van der Waals surface area contributed by atoms with Crippen LogP contribution < -0.4 is 5.32 Å². The van der Waals surface area contributed by atoms with Crippen LogP contribution >= 0.6 is 0 Å². The van der Waals surface area contributed by atoms with E-state index in [2.05, 4.69) is 55.3 Å². The zero-order valence-corrected chi connectivity index (χ0v) is 13.4. The first-order chi connectivity index (χ1) is 9.69. The topological polar surface area (TPSA) is 15.3 Å². The number of hydrogen-bond donors (Lipinski definition) is 1. The fourth-order valence-corrected chi connectivity index (χ4v) is 3.08. The third kappa shape index (κ3) is 4.60. The lowest BCUT2D eigenvalue weighted by Gasteiger charge is -2.18. The van der Waals surface area contributed by atoms with Crippen molar-refractivity contribution in [3.8, 4) is 0 Å². The van der Waals surface area contributed by atoms with E-state index in [1.54, 1.807) is 0 Å². The summed E-state index contributed by atoms with van der Waals surface area (Å²) >= 11 is 0. The van der Waals surface area contributed by atoms with Crippen molar-refractivity contribution < 1.29 is 0 Å². The molecule has 112 valence electrons. The maximum absolute atomic E-state index is 3.52. The van der Waals surface area contributed by atoms with E-state index in [1.165, 1.54) is 37.1 Å². The van der Waals surface area contributed by atoms with Gasteiger partial charge < -0.3 is 5.32 Å². The standard InChI is InChI=1S/C18H30N2/c1-4-16-10-12-20(13-16)14-18-8-6-5-7-17(18)9-11-19-15(2)3/h5-8,15-16,19H,4,9-14H2,1-3H3. The third-order valence-electron chi connectivity index (χ3n) is 4.41. The van der Waals surface area contributed by atoms with Gasteiger partial charge in [0.05, 0.1) is 0 Å². The quantitative estimate of drug-likeness (QED) is 0.819. The predicted molar refractivity (Wildman–Crippen MR) is 87.0 cm³/mol. The number of benzene rings is 1. The number of nitrogens with zero attached hydrogens (tertiary/aromatic N) is 1. The van der Waals surface area contributed by atoms with Crippen LogP contribution in [0.25, 0.3) is 0 Å². The molecule has 1 aromatic rings. The smallest absolute Gasteiger partial charge is 0.0236 e. The van der Waals surface area contributed by atoms with E-state index in [1.807, 2.05) is 0 Å². The summed E-state index contributed by atoms with van der Waals surface area (Å²) in [6.45, 7) is 11.5. The van der Waals surface area contributed by atoms with Crippen molar-refractivity contribution in [3.63, 3.8) is 0 Å². The highest BCUT2D eigenvalue weighted by molar-refractivity contribution is 5.27. The molecule has 0 aromatic heterocycles. The first kappa shape index (κ1) is 15.5. The molecule has 0 spiro atoms. The largest absolute Gasteiger partial charge is 0.314 e. The summed E-state index contributed by atoms with van der Waals surface area (Å²) in [6.07, 6.45) is 3.85. The van der Waals surface area contributed by atoms with Crippen LogP contribution in [0.4, 0.5) is 0 Å². The van der Waals surface area contributed by atoms with E-state index in [9.17, 15) is 0 Å². The fourth-order valence-electron chi connectivity index (χ4n) is 3.08. The molecule has 1 atom stereocenters. The Bertz CT molecular complexity index is 400. The lowest BCUT2D eigenvalue weighted by atomic mass is 10.0. The minimum Gasteiger partial charge on any atom is -0.314 e. The summed E-state index contributed by atoms with van der Waals surface area (Å²) in [7, 11) is 0. The molecule has 0 aliphatic carbocycles. The van der Waals surface area contributed by atoms with Crippen molar-refractivity contribution in [3.05, 3.63) is 35.4 Å². The average molecular weight is 274 g/mol. The van der Waals surface area contributed by atoms with Gasteiger partial charge in [-0.2, -0.15) is 0 Å². The number of nitrogens with one attached hydrogen (secondary N) is 1. The van der Waals surface area contributed by atoms with Crippen LogP contribution in [0.2, 0.25) is 0 Å². The Balaban J connectivity index is 1.90. The van der Waals surface area contributed by atoms with Crippen LogP contribution in [0.15, 0.2) is 24.3 Å². The van der Waals surface area contributed by atoms with E-state index < -0.39 is 0 Å². The van der Waals surface area contributed by atoms with Crippen LogP contribution in [-0.4, -0.2) is 30.6 Å². The first-order valence-corrected chi connectivity index (χ1v) is 8.21. The van der Waals surface area contributed by atoms with E-state index in [4.69, 9.17) is 0 Å². The summed E-state index contributed by atoms with van der Waals surface area (Å²) in [5.74, 6) is 0.921. The van der Waals surface area contributed by atoms with Crippen molar-refractivity contribution in [1.82, 2.24) is 10.2 Å². The molecule has 1 aromatic carbocycles. The minimum atomic E-state index is 0.575. The van der Waals surface area contributed by atoms with Gasteiger partial charge in [-0.25, -0.2) is 0 Å². The second-order valence-corrected chi connectivity index (χ2v) is 6.43. The Morgan fingerprint density at radius 3 is 2.65 bits per heavy atom. The Morgan fingerprint density at radius 1 is 1.25 bits per heavy atom. The van der Waals surface area contributed by atoms with Crippen LogP contribution in [-0.2, 0) is 13.0 Å². The van der Waals surface area contributed by atoms with Crippen LogP contribution in [0.1, 0.15) is 44.7 Å². The van der Waals surface area contributed by atoms with Gasteiger partial charge in [0.1, 0.15) is 0 Å². The molecule has 1 saturated heterocycles. The summed E-state index contributed by atoms with van der Waals surface area (Å²) in [4.78, 5) is 2.63. The van der Waals surface area contributed by atoms with Gasteiger partial charge in [0, 0.05) is 19.1 Å². The predicted octanol–water partition coefficient (Wildman–Crippen LogP) is 3.46. The highest BCUT2D eigenvalue weighted by Crippen LogP contribution is 2.22. The van der Waals surface area contributed by atoms with Crippen molar-refractivity contribution in [2.75, 3.05) is 19.6 Å². The normalized spacial score (nSPS) is 19.9. The summed E-state index contributed by atoms with van der Waals surface area (Å²) in [5, 5.41) is 3.52. The van der Waals surface area contributed by atoms with Crippen molar-refractivity contribution in [2.45, 2.75) is 52.6 Å². The van der Waals surface area contributed by atoms with Crippen LogP contribution in [0.3, 0.4) is 0 Å². The van der Waals surface area contributed by atoms with Crippen molar-refractivity contribution in [1.29, 1.82) is 0 Å². The van der Waals surface area contributed by atoms with Crippen molar-refractivity contribution >= 4 is 0 Å². The van der Waals surface area contributed by atoms with Gasteiger partial charge >= 0.3 is 0 Å². The molecule has 1 N–H and O–H groups in total. The van der Waals surface area contributed by atoms with Gasteiger partial charge in [0.25, 0.3) is 0 Å². The Kier molecular flexibility index (Phi) is 6.06. The third-order valence-corrected chi connectivity index (χ3v) is 4.41. The lowest BCUT2D eigenvalue weighted by molar-refractivity contribution is 0.314. The fraction of sp³-hybridized carbons (Fsp3) is 0.667. The highest BCUT2D eigenvalue weighted by atomic mass is 15.1. The molecule has 2 heteroatoms. The second kappa shape index (κ2) is 7.80. The zero-order valence-electron chi connectivity index (χ0n) is 13.4. The molecule has 0 saturated carbocycles. The van der Waals surface area contributed by atoms with E-state index in [0.29, 0.717) is 6.04 Å². The molecule has 1 heterocycles. The SMILES string of the molecule is CCC1CCN(Cc2ccccc2CCNC(C)C)C1. The van der Waals surface area contributed by atoms with Crippen LogP contribution in [0.5, 0.6) is 0 Å². The molecule has 1 fully saturated rings. The van der Waals surface area contributed by atoms with Gasteiger partial charge in [-0.3, -0.25) is 4.90 Å². The minimum absolute atomic E-state index is 0.575. The lowest BCUT2D eigenvalue weighted by Crippen LogP contribution is -2.26. The summed E-state index contributed by atoms with van der Waals surface area (Å²) in [6, 6.07) is 9.54. The number of rotatable bonds is 7. The molecular formula is C18H30N2. The Labute approximate surface area is 124 Å². The maximum atomic E-state index is 3.52. The second-order valence-electron chi connectivity index (χ2n) is 6.43. The van der Waals surface area contributed by atoms with Gasteiger partial charge in [-0.1, -0.05) is 51.5 Å². The summed E-state index contributed by atoms with van der Waals surface area (Å²) < 4.78 is 0. The summed E-state index contributed by atoms with van der Waals surface area (Å²) in [5.41, 5.74) is 3.04. The molecule has 0 bridgehead atoms. The highest BCUT2D eigenvalue weighted by Gasteiger charge is 2.21. The Morgan fingerprint density at radius 2 is 2.00 bits per heavy atom. The van der Waals surface area contributed by atoms with E-state index in [0.717, 1.165) is 25.4 Å². The molecule has 1 unspecified atom stereocenters. The molecule has 0 radical (unpaired) electrons. The molecule has 2 rings (SSSR count). The van der Waals surface area contributed by atoms with Gasteiger partial charge in [0.15, 0.2) is 0 Å². The van der Waals surface area contributed by atoms with Gasteiger partial charge in [-0.05, 0) is 43.0 Å². The number of likely N-dealkylation sites (tertiary alicyclic amines) is 1. The van der Waals surface area contributed by atoms with Gasteiger partial charge in [0.2, 0.25) is 0 Å². The molecular weight excluding hydrogens is 244 g/mol. The van der Waals surface area contributed by atoms with E-state index >= 15 is 0 Å². The maximum Gasteiger partial charge on any atom is 0.0236 e. The van der Waals surface area contributed by atoms with Crippen LogP contribution in [0, 0.1) is 5.92 Å².